The van der Waals surface area contributed by atoms with Crippen LogP contribution in [-0.2, 0) is 15.7 Å². The monoisotopic (exact) mass is 302 g/mol. The third-order valence-corrected chi connectivity index (χ3v) is 3.23. The van der Waals surface area contributed by atoms with Crippen LogP contribution in [0.3, 0.4) is 0 Å². The lowest BCUT2D eigenvalue weighted by Gasteiger charge is -2.20. The van der Waals surface area contributed by atoms with Crippen molar-refractivity contribution in [3.8, 4) is 0 Å². The molecule has 21 heavy (non-hydrogen) atoms. The minimum absolute atomic E-state index is 0.00880. The molecule has 0 aliphatic heterocycles. The van der Waals surface area contributed by atoms with Gasteiger partial charge in [-0.1, -0.05) is 12.1 Å². The summed E-state index contributed by atoms with van der Waals surface area (Å²) in [5, 5.41) is 0. The molecular formula is C15H17F3O3. The van der Waals surface area contributed by atoms with Crippen LogP contribution >= 0.6 is 0 Å². The normalized spacial score (nSPS) is 12.1. The van der Waals surface area contributed by atoms with Gasteiger partial charge in [-0.15, -0.1) is 0 Å². The summed E-state index contributed by atoms with van der Waals surface area (Å²) in [5.41, 5.74) is -1.72. The molecule has 0 saturated heterocycles. The predicted octanol–water partition coefficient (Wildman–Crippen LogP) is 3.87. The Morgan fingerprint density at radius 2 is 1.81 bits per heavy atom. The number of halogens is 3. The van der Waals surface area contributed by atoms with Crippen LogP contribution in [0.1, 0.15) is 42.6 Å². The standard InChI is InChI=1S/C15H17F3O3/c1-14(2,13(20)21-3)8-7-12(19)10-5-4-6-11(9-10)15(16,17)18/h4-6,9H,7-8H2,1-3H3. The van der Waals surface area contributed by atoms with E-state index in [-0.39, 0.29) is 18.4 Å². The Labute approximate surface area is 121 Å². The molecule has 1 aromatic carbocycles. The van der Waals surface area contributed by atoms with E-state index in [1.807, 2.05) is 0 Å². The first-order valence-corrected chi connectivity index (χ1v) is 6.37. The number of rotatable bonds is 5. The van der Waals surface area contributed by atoms with E-state index in [1.165, 1.54) is 19.2 Å². The summed E-state index contributed by atoms with van der Waals surface area (Å²) in [5.74, 6) is -0.891. The number of methoxy groups -OCH3 is 1. The molecule has 0 N–H and O–H groups in total. The first-order valence-electron chi connectivity index (χ1n) is 6.37. The lowest BCUT2D eigenvalue weighted by molar-refractivity contribution is -0.151. The third-order valence-electron chi connectivity index (χ3n) is 3.23. The van der Waals surface area contributed by atoms with Gasteiger partial charge in [0.25, 0.3) is 0 Å². The average molecular weight is 302 g/mol. The number of carbonyl (C=O) groups excluding carboxylic acids is 2. The maximum absolute atomic E-state index is 12.6. The van der Waals surface area contributed by atoms with E-state index < -0.39 is 28.9 Å². The van der Waals surface area contributed by atoms with Crippen LogP contribution in [0.25, 0.3) is 0 Å². The highest BCUT2D eigenvalue weighted by molar-refractivity contribution is 5.96. The Bertz CT molecular complexity index is 533. The molecule has 6 heteroatoms. The van der Waals surface area contributed by atoms with Crippen molar-refractivity contribution in [2.45, 2.75) is 32.9 Å². The van der Waals surface area contributed by atoms with E-state index in [2.05, 4.69) is 4.74 Å². The zero-order valence-corrected chi connectivity index (χ0v) is 12.1. The van der Waals surface area contributed by atoms with Crippen molar-refractivity contribution >= 4 is 11.8 Å². The topological polar surface area (TPSA) is 43.4 Å². The molecule has 0 atom stereocenters. The molecule has 0 unspecified atom stereocenters. The van der Waals surface area contributed by atoms with E-state index in [4.69, 9.17) is 0 Å². The number of ether oxygens (including phenoxy) is 1. The first kappa shape index (κ1) is 17.2. The summed E-state index contributed by atoms with van der Waals surface area (Å²) >= 11 is 0. The highest BCUT2D eigenvalue weighted by Gasteiger charge is 2.32. The molecule has 0 aliphatic rings. The number of Topliss-reactive ketones (excluding diaryl/α,β-unsaturated/α-hetero) is 1. The highest BCUT2D eigenvalue weighted by Crippen LogP contribution is 2.30. The Kier molecular flexibility index (Phi) is 5.15. The minimum Gasteiger partial charge on any atom is -0.469 e. The summed E-state index contributed by atoms with van der Waals surface area (Å²) in [7, 11) is 1.25. The lowest BCUT2D eigenvalue weighted by atomic mass is 9.86. The van der Waals surface area contributed by atoms with Crippen LogP contribution in [0.4, 0.5) is 13.2 Å². The summed E-state index contributed by atoms with van der Waals surface area (Å²) < 4.78 is 42.4. The number of alkyl halides is 3. The predicted molar refractivity (Wildman–Crippen MR) is 70.8 cm³/mol. The molecule has 0 aromatic heterocycles. The van der Waals surface area contributed by atoms with Gasteiger partial charge in [0.1, 0.15) is 0 Å². The first-order chi connectivity index (χ1) is 9.58. The molecule has 0 spiro atoms. The van der Waals surface area contributed by atoms with Crippen LogP contribution < -0.4 is 0 Å². The van der Waals surface area contributed by atoms with Crippen molar-refractivity contribution in [1.29, 1.82) is 0 Å². The van der Waals surface area contributed by atoms with Gasteiger partial charge in [-0.25, -0.2) is 0 Å². The fourth-order valence-corrected chi connectivity index (χ4v) is 1.82. The van der Waals surface area contributed by atoms with Crippen molar-refractivity contribution in [2.75, 3.05) is 7.11 Å². The van der Waals surface area contributed by atoms with Crippen LogP contribution in [-0.4, -0.2) is 18.9 Å². The molecule has 0 amide bonds. The van der Waals surface area contributed by atoms with Crippen LogP contribution in [0.5, 0.6) is 0 Å². The van der Waals surface area contributed by atoms with Crippen molar-refractivity contribution in [3.63, 3.8) is 0 Å². The van der Waals surface area contributed by atoms with Crippen molar-refractivity contribution < 1.29 is 27.5 Å². The number of hydrogen-bond donors (Lipinski definition) is 0. The summed E-state index contributed by atoms with van der Waals surface area (Å²) in [6, 6.07) is 4.27. The molecule has 0 bridgehead atoms. The molecule has 0 heterocycles. The maximum Gasteiger partial charge on any atom is 0.416 e. The molecule has 1 rings (SSSR count). The zero-order valence-electron chi connectivity index (χ0n) is 12.1. The number of ketones is 1. The van der Waals surface area contributed by atoms with Gasteiger partial charge in [0.15, 0.2) is 5.78 Å². The molecule has 116 valence electrons. The fraction of sp³-hybridized carbons (Fsp3) is 0.467. The number of carbonyl (C=O) groups is 2. The van der Waals surface area contributed by atoms with Crippen LogP contribution in [0.2, 0.25) is 0 Å². The van der Waals surface area contributed by atoms with Gasteiger partial charge in [-0.2, -0.15) is 13.2 Å². The van der Waals surface area contributed by atoms with E-state index in [0.29, 0.717) is 0 Å². The molecule has 1 aromatic rings. The van der Waals surface area contributed by atoms with E-state index in [0.717, 1.165) is 12.1 Å². The molecular weight excluding hydrogens is 285 g/mol. The highest BCUT2D eigenvalue weighted by atomic mass is 19.4. The molecule has 0 radical (unpaired) electrons. The second kappa shape index (κ2) is 6.28. The lowest BCUT2D eigenvalue weighted by Crippen LogP contribution is -2.26. The van der Waals surface area contributed by atoms with Gasteiger partial charge in [0.2, 0.25) is 0 Å². The van der Waals surface area contributed by atoms with Gasteiger partial charge >= 0.3 is 12.1 Å². The van der Waals surface area contributed by atoms with Gasteiger partial charge in [-0.05, 0) is 32.4 Å². The third kappa shape index (κ3) is 4.58. The second-order valence-corrected chi connectivity index (χ2v) is 5.38. The Balaban J connectivity index is 2.80. The number of hydrogen-bond acceptors (Lipinski definition) is 3. The summed E-state index contributed by atoms with van der Waals surface area (Å²) in [6.07, 6.45) is -4.31. The number of benzene rings is 1. The second-order valence-electron chi connectivity index (χ2n) is 5.38. The summed E-state index contributed by atoms with van der Waals surface area (Å²) in [4.78, 5) is 23.4. The maximum atomic E-state index is 12.6. The van der Waals surface area contributed by atoms with Crippen molar-refractivity contribution in [1.82, 2.24) is 0 Å². The number of esters is 1. The van der Waals surface area contributed by atoms with E-state index in [9.17, 15) is 22.8 Å². The van der Waals surface area contributed by atoms with Gasteiger partial charge < -0.3 is 4.74 Å². The van der Waals surface area contributed by atoms with Crippen molar-refractivity contribution in [3.05, 3.63) is 35.4 Å². The molecule has 0 fully saturated rings. The van der Waals surface area contributed by atoms with Crippen LogP contribution in [0.15, 0.2) is 24.3 Å². The largest absolute Gasteiger partial charge is 0.469 e. The van der Waals surface area contributed by atoms with Gasteiger partial charge in [0.05, 0.1) is 18.1 Å². The van der Waals surface area contributed by atoms with Gasteiger partial charge in [-0.3, -0.25) is 9.59 Å². The molecule has 0 aliphatic carbocycles. The molecule has 3 nitrogen and oxygen atoms in total. The smallest absolute Gasteiger partial charge is 0.416 e. The Morgan fingerprint density at radius 3 is 2.33 bits per heavy atom. The molecule has 0 saturated carbocycles. The quantitative estimate of drug-likeness (QED) is 0.612. The van der Waals surface area contributed by atoms with Crippen molar-refractivity contribution in [2.24, 2.45) is 5.41 Å². The Hall–Kier alpha value is -1.85. The average Bonchev–Trinajstić information content (AvgIpc) is 2.43. The van der Waals surface area contributed by atoms with E-state index >= 15 is 0 Å². The van der Waals surface area contributed by atoms with Crippen LogP contribution in [0, 0.1) is 5.41 Å². The minimum atomic E-state index is -4.48. The fourth-order valence-electron chi connectivity index (χ4n) is 1.82. The van der Waals surface area contributed by atoms with E-state index in [1.54, 1.807) is 13.8 Å². The summed E-state index contributed by atoms with van der Waals surface area (Å²) in [6.45, 7) is 3.25. The Morgan fingerprint density at radius 1 is 1.19 bits per heavy atom. The SMILES string of the molecule is COC(=O)C(C)(C)CCC(=O)c1cccc(C(F)(F)F)c1. The van der Waals surface area contributed by atoms with Gasteiger partial charge in [0, 0.05) is 12.0 Å². The zero-order chi connectivity index (χ0) is 16.3.